The minimum atomic E-state index is -0.558. The third-order valence-corrected chi connectivity index (χ3v) is 12.2. The van der Waals surface area contributed by atoms with Crippen LogP contribution < -0.4 is 0 Å². The van der Waals surface area contributed by atoms with Crippen LogP contribution in [0.25, 0.3) is 0 Å². The number of allylic oxidation sites excluding steroid dienone is 2. The summed E-state index contributed by atoms with van der Waals surface area (Å²) in [7, 11) is 0. The highest BCUT2D eigenvalue weighted by Gasteiger charge is 2.41. The van der Waals surface area contributed by atoms with Crippen molar-refractivity contribution < 1.29 is 28.8 Å². The Morgan fingerprint density at radius 3 is 2.18 bits per heavy atom. The lowest BCUT2D eigenvalue weighted by atomic mass is 9.70. The second-order valence-electron chi connectivity index (χ2n) is 15.4. The van der Waals surface area contributed by atoms with Gasteiger partial charge < -0.3 is 29.0 Å². The van der Waals surface area contributed by atoms with Crippen molar-refractivity contribution in [1.82, 2.24) is 4.90 Å². The van der Waals surface area contributed by atoms with E-state index in [0.29, 0.717) is 24.4 Å². The number of carbonyl (C=O) groups is 1. The largest absolute Gasteiger partial charge is 0.392 e. The molecule has 0 aromatic heterocycles. The van der Waals surface area contributed by atoms with Crippen LogP contribution in [0.5, 0.6) is 0 Å². The van der Waals surface area contributed by atoms with Gasteiger partial charge >= 0.3 is 0 Å². The quantitative estimate of drug-likeness (QED) is 0.247. The highest BCUT2D eigenvalue weighted by Crippen LogP contribution is 2.41. The third kappa shape index (κ3) is 9.85. The topological polar surface area (TPSA) is 77.5 Å². The minimum Gasteiger partial charge on any atom is -0.392 e. The van der Waals surface area contributed by atoms with Crippen molar-refractivity contribution in [2.45, 2.75) is 159 Å². The summed E-state index contributed by atoms with van der Waals surface area (Å²) in [5.41, 5.74) is 1.04. The Bertz CT molecular complexity index is 907. The van der Waals surface area contributed by atoms with Crippen LogP contribution in [0, 0.1) is 23.7 Å². The van der Waals surface area contributed by atoms with Crippen LogP contribution in [0.2, 0.25) is 0 Å². The molecule has 1 N–H and O–H groups in total. The van der Waals surface area contributed by atoms with Crippen LogP contribution >= 0.6 is 0 Å². The average Bonchev–Trinajstić information content (AvgIpc) is 3.09. The minimum absolute atomic E-state index is 0.0484. The molecule has 256 valence electrons. The monoisotopic (exact) mass is 629 g/mol. The lowest BCUT2D eigenvalue weighted by Crippen LogP contribution is -2.41. The number of hydrogen-bond donors (Lipinski definition) is 1. The molecule has 3 heterocycles. The van der Waals surface area contributed by atoms with Crippen molar-refractivity contribution in [3.05, 3.63) is 11.6 Å². The Morgan fingerprint density at radius 2 is 1.49 bits per heavy atom. The van der Waals surface area contributed by atoms with E-state index in [9.17, 15) is 9.90 Å². The molecule has 0 aromatic rings. The maximum atomic E-state index is 14.4. The number of rotatable bonds is 11. The molecule has 3 aliphatic carbocycles. The van der Waals surface area contributed by atoms with E-state index in [-0.39, 0.29) is 36.1 Å². The first-order valence-corrected chi connectivity index (χ1v) is 19.3. The number of ether oxygens (including phenoxy) is 4. The molecule has 3 saturated carbocycles. The van der Waals surface area contributed by atoms with Gasteiger partial charge in [0.2, 0.25) is 0 Å². The summed E-state index contributed by atoms with van der Waals surface area (Å²) in [4.78, 5) is 16.9. The van der Waals surface area contributed by atoms with Crippen molar-refractivity contribution in [2.24, 2.45) is 23.7 Å². The normalized spacial score (nSPS) is 39.4. The predicted octanol–water partition coefficient (Wildman–Crippen LogP) is 6.99. The van der Waals surface area contributed by atoms with Gasteiger partial charge in [0.25, 0.3) is 0 Å². The first-order valence-electron chi connectivity index (χ1n) is 19.3. The van der Waals surface area contributed by atoms with Gasteiger partial charge in [0.15, 0.2) is 12.1 Å². The molecule has 0 amide bonds. The van der Waals surface area contributed by atoms with Gasteiger partial charge in [-0.3, -0.25) is 4.79 Å². The van der Waals surface area contributed by atoms with E-state index in [0.717, 1.165) is 122 Å². The molecule has 0 bridgehead atoms. The Kier molecular flexibility index (Phi) is 13.3. The summed E-state index contributed by atoms with van der Waals surface area (Å²) in [6.45, 7) is 6.02. The highest BCUT2D eigenvalue weighted by molar-refractivity contribution is 5.98. The maximum Gasteiger partial charge on any atom is 0.164 e. The molecule has 0 spiro atoms. The molecule has 0 aromatic carbocycles. The number of aliphatic hydroxyl groups is 1. The molecule has 6 fully saturated rings. The number of hydrogen-bond acceptors (Lipinski definition) is 7. The fourth-order valence-corrected chi connectivity index (χ4v) is 9.34. The number of aliphatic hydroxyl groups excluding tert-OH is 1. The molecule has 7 nitrogen and oxygen atoms in total. The smallest absolute Gasteiger partial charge is 0.164 e. The number of nitrogens with zero attached hydrogens (tertiary/aromatic N) is 1. The fraction of sp³-hybridized carbons (Fsp3) is 0.921. The molecule has 5 unspecified atom stereocenters. The number of piperidine rings is 1. The molecule has 5 atom stereocenters. The van der Waals surface area contributed by atoms with Crippen molar-refractivity contribution in [2.75, 3.05) is 39.5 Å². The van der Waals surface area contributed by atoms with Crippen LogP contribution in [-0.4, -0.2) is 86.0 Å². The molecule has 3 saturated heterocycles. The summed E-state index contributed by atoms with van der Waals surface area (Å²) < 4.78 is 24.7. The van der Waals surface area contributed by atoms with Crippen LogP contribution in [0.3, 0.4) is 0 Å². The van der Waals surface area contributed by atoms with Crippen LogP contribution in [0.4, 0.5) is 0 Å². The van der Waals surface area contributed by atoms with Crippen LogP contribution in [0.15, 0.2) is 11.6 Å². The maximum absolute atomic E-state index is 14.4. The molecule has 6 rings (SSSR count). The van der Waals surface area contributed by atoms with Gasteiger partial charge in [-0.25, -0.2) is 0 Å². The number of ketones is 1. The van der Waals surface area contributed by atoms with E-state index < -0.39 is 6.10 Å². The van der Waals surface area contributed by atoms with Crippen molar-refractivity contribution in [3.63, 3.8) is 0 Å². The SMILES string of the molecule is O=C(/C(=C/C1CCC(OCCN2CCCCC2)CC1)C1CCC(OC2CCCCO2)CC1)C1CCC(C2CCCCO2)CC1O. The van der Waals surface area contributed by atoms with E-state index in [1.54, 1.807) is 0 Å². The second-order valence-corrected chi connectivity index (χ2v) is 15.4. The lowest BCUT2D eigenvalue weighted by Gasteiger charge is -2.39. The lowest BCUT2D eigenvalue weighted by molar-refractivity contribution is -0.194. The second kappa shape index (κ2) is 17.5. The van der Waals surface area contributed by atoms with Gasteiger partial charge in [0.05, 0.1) is 31.0 Å². The van der Waals surface area contributed by atoms with Gasteiger partial charge in [-0.05, 0) is 158 Å². The Labute approximate surface area is 273 Å². The number of carbonyl (C=O) groups excluding carboxylic acids is 1. The van der Waals surface area contributed by atoms with Crippen molar-refractivity contribution in [3.8, 4) is 0 Å². The van der Waals surface area contributed by atoms with E-state index >= 15 is 0 Å². The van der Waals surface area contributed by atoms with Gasteiger partial charge in [0.1, 0.15) is 0 Å². The van der Waals surface area contributed by atoms with E-state index in [1.165, 1.54) is 45.2 Å². The zero-order valence-electron chi connectivity index (χ0n) is 28.1. The van der Waals surface area contributed by atoms with Gasteiger partial charge in [0, 0.05) is 25.7 Å². The standard InChI is InChI=1S/C38H63NO6/c40-35-27-30(36-8-2-6-23-43-36)14-19-33(35)38(41)34(29-12-17-32(18-13-29)45-37-9-3-7-24-44-37)26-28-10-15-31(16-11-28)42-25-22-39-20-4-1-5-21-39/h26,28-33,35-37,40H,1-25,27H2/b34-26+. The zero-order valence-corrected chi connectivity index (χ0v) is 28.1. The van der Waals surface area contributed by atoms with Crippen LogP contribution in [0.1, 0.15) is 128 Å². The summed E-state index contributed by atoms with van der Waals surface area (Å²) >= 11 is 0. The Balaban J connectivity index is 1.05. The average molecular weight is 630 g/mol. The molecule has 7 heteroatoms. The molecule has 3 aliphatic heterocycles. The number of Topliss-reactive ketones (excluding diaryl/α,β-unsaturated/α-hetero) is 1. The molecule has 6 aliphatic rings. The van der Waals surface area contributed by atoms with E-state index in [1.807, 2.05) is 0 Å². The third-order valence-electron chi connectivity index (χ3n) is 12.2. The molecular formula is C38H63NO6. The highest BCUT2D eigenvalue weighted by atomic mass is 16.7. The Hall–Kier alpha value is -0.830. The first kappa shape index (κ1) is 34.0. The summed E-state index contributed by atoms with van der Waals surface area (Å²) in [5, 5.41) is 11.4. The number of likely N-dealkylation sites (tertiary alicyclic amines) is 1. The summed E-state index contributed by atoms with van der Waals surface area (Å²) in [5.74, 6) is 1.06. The zero-order chi connectivity index (χ0) is 30.8. The van der Waals surface area contributed by atoms with Gasteiger partial charge in [-0.2, -0.15) is 0 Å². The van der Waals surface area contributed by atoms with E-state index in [2.05, 4.69) is 11.0 Å². The van der Waals surface area contributed by atoms with Crippen molar-refractivity contribution >= 4 is 5.78 Å². The first-order chi connectivity index (χ1) is 22.1. The van der Waals surface area contributed by atoms with Crippen molar-refractivity contribution in [1.29, 1.82) is 0 Å². The van der Waals surface area contributed by atoms with Crippen LogP contribution in [-0.2, 0) is 23.7 Å². The van der Waals surface area contributed by atoms with Gasteiger partial charge in [-0.1, -0.05) is 12.5 Å². The Morgan fingerprint density at radius 1 is 0.756 bits per heavy atom. The predicted molar refractivity (Wildman–Crippen MR) is 176 cm³/mol. The summed E-state index contributed by atoms with van der Waals surface area (Å²) in [6.07, 6.45) is 24.2. The molecule has 0 radical (unpaired) electrons. The molecule has 45 heavy (non-hydrogen) atoms. The fourth-order valence-electron chi connectivity index (χ4n) is 9.34. The van der Waals surface area contributed by atoms with Gasteiger partial charge in [-0.15, -0.1) is 0 Å². The molecular weight excluding hydrogens is 566 g/mol. The van der Waals surface area contributed by atoms with E-state index in [4.69, 9.17) is 18.9 Å². The summed E-state index contributed by atoms with van der Waals surface area (Å²) in [6, 6.07) is 0.